The van der Waals surface area contributed by atoms with Gasteiger partial charge in [0.2, 0.25) is 11.8 Å². The maximum absolute atomic E-state index is 12.6. The number of fused-ring (bicyclic) bond motifs is 1. The number of carbonyl (C=O) groups is 2. The fourth-order valence-corrected chi connectivity index (χ4v) is 3.99. The molecule has 7 nitrogen and oxygen atoms in total. The SMILES string of the molecule is Cc1nc(C)c(CC(=O)N2CC[C@H]3[C@@H](C2)CN3C(=O)CCC(F)(F)F)c(=O)[nH]1. The van der Waals surface area contributed by atoms with E-state index in [4.69, 9.17) is 0 Å². The van der Waals surface area contributed by atoms with E-state index in [2.05, 4.69) is 9.97 Å². The summed E-state index contributed by atoms with van der Waals surface area (Å²) in [6.07, 6.45) is -5.48. The number of carbonyl (C=O) groups excluding carboxylic acids is 2. The Balaban J connectivity index is 1.54. The van der Waals surface area contributed by atoms with Crippen LogP contribution in [0.15, 0.2) is 4.79 Å². The van der Waals surface area contributed by atoms with Gasteiger partial charge in [0.15, 0.2) is 0 Å². The molecule has 2 fully saturated rings. The topological polar surface area (TPSA) is 86.4 Å². The molecule has 0 aliphatic carbocycles. The molecule has 1 aromatic rings. The maximum Gasteiger partial charge on any atom is 0.389 e. The number of nitrogens with zero attached hydrogens (tertiary/aromatic N) is 3. The Morgan fingerprint density at radius 2 is 1.93 bits per heavy atom. The third-order valence-electron chi connectivity index (χ3n) is 5.49. The van der Waals surface area contributed by atoms with E-state index in [1.54, 1.807) is 18.7 Å². The van der Waals surface area contributed by atoms with Gasteiger partial charge < -0.3 is 14.8 Å². The molecule has 0 spiro atoms. The first-order chi connectivity index (χ1) is 13.0. The lowest BCUT2D eigenvalue weighted by Gasteiger charge is -2.53. The fourth-order valence-electron chi connectivity index (χ4n) is 3.99. The minimum atomic E-state index is -4.34. The molecule has 0 saturated carbocycles. The molecule has 2 atom stereocenters. The quantitative estimate of drug-likeness (QED) is 0.826. The van der Waals surface area contributed by atoms with Crippen LogP contribution in [-0.4, -0.2) is 63.4 Å². The number of nitrogens with one attached hydrogen (secondary N) is 1. The number of likely N-dealkylation sites (tertiary alicyclic amines) is 2. The molecular formula is C18H23F3N4O3. The van der Waals surface area contributed by atoms with E-state index in [9.17, 15) is 27.6 Å². The monoisotopic (exact) mass is 400 g/mol. The normalized spacial score (nSPS) is 21.9. The first kappa shape index (κ1) is 20.3. The van der Waals surface area contributed by atoms with Crippen LogP contribution in [0.5, 0.6) is 0 Å². The number of aryl methyl sites for hydroxylation is 2. The van der Waals surface area contributed by atoms with E-state index >= 15 is 0 Å². The molecule has 0 aromatic carbocycles. The number of alkyl halides is 3. The second-order valence-corrected chi connectivity index (χ2v) is 7.51. The van der Waals surface area contributed by atoms with Gasteiger partial charge in [-0.15, -0.1) is 0 Å². The molecule has 1 N–H and O–H groups in total. The molecule has 0 radical (unpaired) electrons. The number of piperidine rings is 1. The van der Waals surface area contributed by atoms with Crippen molar-refractivity contribution in [3.63, 3.8) is 0 Å². The highest BCUT2D eigenvalue weighted by molar-refractivity contribution is 5.80. The van der Waals surface area contributed by atoms with Gasteiger partial charge in [0.05, 0.1) is 12.8 Å². The highest BCUT2D eigenvalue weighted by atomic mass is 19.4. The highest BCUT2D eigenvalue weighted by Crippen LogP contribution is 2.34. The molecule has 0 unspecified atom stereocenters. The van der Waals surface area contributed by atoms with Crippen LogP contribution >= 0.6 is 0 Å². The summed E-state index contributed by atoms with van der Waals surface area (Å²) in [5, 5.41) is 0. The fraction of sp³-hybridized carbons (Fsp3) is 0.667. The largest absolute Gasteiger partial charge is 0.389 e. The Morgan fingerprint density at radius 3 is 2.54 bits per heavy atom. The number of amides is 2. The van der Waals surface area contributed by atoms with E-state index in [-0.39, 0.29) is 29.8 Å². The van der Waals surface area contributed by atoms with Gasteiger partial charge >= 0.3 is 6.18 Å². The van der Waals surface area contributed by atoms with Crippen LogP contribution < -0.4 is 5.56 Å². The molecule has 2 aliphatic heterocycles. The van der Waals surface area contributed by atoms with E-state index in [1.807, 2.05) is 0 Å². The number of hydrogen-bond donors (Lipinski definition) is 1. The Morgan fingerprint density at radius 1 is 1.21 bits per heavy atom. The van der Waals surface area contributed by atoms with E-state index in [0.717, 1.165) is 0 Å². The molecule has 2 saturated heterocycles. The summed E-state index contributed by atoms with van der Waals surface area (Å²) in [5.41, 5.74) is 0.545. The van der Waals surface area contributed by atoms with E-state index in [0.29, 0.717) is 43.1 Å². The van der Waals surface area contributed by atoms with Gasteiger partial charge in [-0.1, -0.05) is 0 Å². The van der Waals surface area contributed by atoms with Crippen molar-refractivity contribution in [3.8, 4) is 0 Å². The van der Waals surface area contributed by atoms with Crippen molar-refractivity contribution in [2.45, 2.75) is 51.7 Å². The molecule has 1 aromatic heterocycles. The van der Waals surface area contributed by atoms with Crippen molar-refractivity contribution in [3.05, 3.63) is 27.4 Å². The summed E-state index contributed by atoms with van der Waals surface area (Å²) in [5.74, 6) is -0.0990. The molecule has 3 rings (SSSR count). The van der Waals surface area contributed by atoms with Crippen LogP contribution in [0.25, 0.3) is 0 Å². The predicted octanol–water partition coefficient (Wildman–Crippen LogP) is 1.33. The summed E-state index contributed by atoms with van der Waals surface area (Å²) in [6, 6.07) is -0.101. The second kappa shape index (κ2) is 7.56. The van der Waals surface area contributed by atoms with Crippen LogP contribution in [0.1, 0.15) is 36.3 Å². The van der Waals surface area contributed by atoms with Gasteiger partial charge in [0.25, 0.3) is 5.56 Å². The van der Waals surface area contributed by atoms with Crippen LogP contribution in [0.2, 0.25) is 0 Å². The Bertz CT molecular complexity index is 836. The Labute approximate surface area is 159 Å². The zero-order valence-corrected chi connectivity index (χ0v) is 15.8. The third-order valence-corrected chi connectivity index (χ3v) is 5.49. The number of halogens is 3. The van der Waals surface area contributed by atoms with Gasteiger partial charge in [-0.05, 0) is 20.3 Å². The zero-order valence-electron chi connectivity index (χ0n) is 15.8. The summed E-state index contributed by atoms with van der Waals surface area (Å²) in [7, 11) is 0. The van der Waals surface area contributed by atoms with Crippen molar-refractivity contribution in [1.82, 2.24) is 19.8 Å². The average Bonchev–Trinajstić information content (AvgIpc) is 2.56. The molecular weight excluding hydrogens is 377 g/mol. The molecule has 2 amide bonds. The van der Waals surface area contributed by atoms with Crippen LogP contribution in [0, 0.1) is 19.8 Å². The number of aromatic nitrogens is 2. The first-order valence-corrected chi connectivity index (χ1v) is 9.25. The minimum Gasteiger partial charge on any atom is -0.342 e. The number of rotatable bonds is 4. The van der Waals surface area contributed by atoms with Gasteiger partial charge in [-0.2, -0.15) is 13.2 Å². The first-order valence-electron chi connectivity index (χ1n) is 9.25. The Hall–Kier alpha value is -2.39. The van der Waals surface area contributed by atoms with Gasteiger partial charge in [0.1, 0.15) is 5.82 Å². The van der Waals surface area contributed by atoms with Crippen LogP contribution in [0.3, 0.4) is 0 Å². The Kier molecular flexibility index (Phi) is 5.49. The third kappa shape index (κ3) is 4.36. The highest BCUT2D eigenvalue weighted by Gasteiger charge is 2.46. The van der Waals surface area contributed by atoms with E-state index in [1.165, 1.54) is 4.90 Å². The van der Waals surface area contributed by atoms with Gasteiger partial charge in [-0.3, -0.25) is 14.4 Å². The molecule has 28 heavy (non-hydrogen) atoms. The average molecular weight is 400 g/mol. The van der Waals surface area contributed by atoms with Gasteiger partial charge in [-0.25, -0.2) is 4.98 Å². The standard InChI is InChI=1S/C18H23F3N4O3/c1-10-13(17(28)23-11(2)22-10)7-16(27)24-6-4-14-12(8-24)9-25(14)15(26)3-5-18(19,20)21/h12,14H,3-9H2,1-2H3,(H,22,23,28)/t12-,14-/m0/s1. The minimum absolute atomic E-state index is 0.0416. The number of H-pyrrole nitrogens is 1. The summed E-state index contributed by atoms with van der Waals surface area (Å²) < 4.78 is 36.9. The van der Waals surface area contributed by atoms with Crippen molar-refractivity contribution in [2.75, 3.05) is 19.6 Å². The maximum atomic E-state index is 12.6. The van der Waals surface area contributed by atoms with Gasteiger partial charge in [0, 0.05) is 49.3 Å². The molecule has 0 bridgehead atoms. The predicted molar refractivity (Wildman–Crippen MR) is 93.5 cm³/mol. The van der Waals surface area contributed by atoms with Crippen molar-refractivity contribution < 1.29 is 22.8 Å². The van der Waals surface area contributed by atoms with E-state index < -0.39 is 24.9 Å². The van der Waals surface area contributed by atoms with Crippen LogP contribution in [-0.2, 0) is 16.0 Å². The second-order valence-electron chi connectivity index (χ2n) is 7.51. The molecule has 10 heteroatoms. The number of aromatic amines is 1. The lowest BCUT2D eigenvalue weighted by atomic mass is 9.82. The molecule has 2 aliphatic rings. The van der Waals surface area contributed by atoms with Crippen molar-refractivity contribution >= 4 is 11.8 Å². The summed E-state index contributed by atoms with van der Waals surface area (Å²) in [4.78, 5) is 46.6. The smallest absolute Gasteiger partial charge is 0.342 e. The molecule has 3 heterocycles. The van der Waals surface area contributed by atoms with Crippen molar-refractivity contribution in [2.24, 2.45) is 5.92 Å². The summed E-state index contributed by atoms with van der Waals surface area (Å²) >= 11 is 0. The zero-order chi connectivity index (χ0) is 20.6. The summed E-state index contributed by atoms with van der Waals surface area (Å²) in [6.45, 7) is 4.59. The molecule has 154 valence electrons. The lowest BCUT2D eigenvalue weighted by Crippen LogP contribution is -2.65. The van der Waals surface area contributed by atoms with Crippen molar-refractivity contribution in [1.29, 1.82) is 0 Å². The number of hydrogen-bond acceptors (Lipinski definition) is 4. The van der Waals surface area contributed by atoms with Crippen LogP contribution in [0.4, 0.5) is 13.2 Å². The lowest BCUT2D eigenvalue weighted by molar-refractivity contribution is -0.161.